The highest BCUT2D eigenvalue weighted by Crippen LogP contribution is 2.48. The van der Waals surface area contributed by atoms with E-state index in [-0.39, 0.29) is 0 Å². The molecule has 78 heavy (non-hydrogen) atoms. The molecule has 0 saturated carbocycles. The standard InChI is InChI=1S/C74H50N4/c1-47-75-67-25-13-15-27-69(67)77(47)57-39-33-53(34-40-57)73-61-23-11-9-21-59(61)71(51-19-7-4-8-20-51)63-43-37-55(45-65(63)73)56-38-44-64-66(46-56)74(54-35-41-58(42-36-54)78-48(2)76-68-26-14-16-28-70(68)78)62-24-12-10-22-60(62)72(64)52-31-29-50(30-32-52)49-17-5-3-6-18-49/h3-46H,1-2H3. The molecule has 4 nitrogen and oxygen atoms in total. The van der Waals surface area contributed by atoms with Gasteiger partial charge in [0.2, 0.25) is 0 Å². The Kier molecular flexibility index (Phi) is 10.6. The van der Waals surface area contributed by atoms with Crippen molar-refractivity contribution in [2.24, 2.45) is 0 Å². The Bertz CT molecular complexity index is 4820. The first-order chi connectivity index (χ1) is 38.5. The van der Waals surface area contributed by atoms with E-state index in [1.165, 1.54) is 87.6 Å². The fraction of sp³-hybridized carbons (Fsp3) is 0.0270. The topological polar surface area (TPSA) is 35.6 Å². The Hall–Kier alpha value is -10.2. The van der Waals surface area contributed by atoms with E-state index >= 15 is 0 Å². The molecule has 366 valence electrons. The quantitative estimate of drug-likeness (QED) is 0.142. The molecule has 0 saturated heterocycles. The number of hydrogen-bond acceptors (Lipinski definition) is 2. The molecule has 0 radical (unpaired) electrons. The summed E-state index contributed by atoms with van der Waals surface area (Å²) in [5.41, 5.74) is 20.7. The summed E-state index contributed by atoms with van der Waals surface area (Å²) in [7, 11) is 0. The van der Waals surface area contributed by atoms with Crippen LogP contribution in [0.5, 0.6) is 0 Å². The third-order valence-corrected chi connectivity index (χ3v) is 16.0. The molecular formula is C74H50N4. The third kappa shape index (κ3) is 7.37. The maximum Gasteiger partial charge on any atom is 0.111 e. The van der Waals surface area contributed by atoms with Crippen LogP contribution in [0.15, 0.2) is 267 Å². The Morgan fingerprint density at radius 3 is 0.936 bits per heavy atom. The first kappa shape index (κ1) is 45.3. The molecule has 0 aliphatic rings. The van der Waals surface area contributed by atoms with Gasteiger partial charge in [0, 0.05) is 11.4 Å². The van der Waals surface area contributed by atoms with Gasteiger partial charge in [-0.15, -0.1) is 0 Å². The van der Waals surface area contributed by atoms with Crippen LogP contribution in [0, 0.1) is 13.8 Å². The van der Waals surface area contributed by atoms with Crippen LogP contribution in [0.3, 0.4) is 0 Å². The van der Waals surface area contributed by atoms with E-state index in [0.29, 0.717) is 0 Å². The van der Waals surface area contributed by atoms with Crippen molar-refractivity contribution in [1.82, 2.24) is 19.1 Å². The molecule has 0 fully saturated rings. The van der Waals surface area contributed by atoms with Crippen molar-refractivity contribution in [3.63, 3.8) is 0 Å². The van der Waals surface area contributed by atoms with E-state index < -0.39 is 0 Å². The summed E-state index contributed by atoms with van der Waals surface area (Å²) in [6.07, 6.45) is 0. The minimum absolute atomic E-state index is 0.963. The average Bonchev–Trinajstić information content (AvgIpc) is 4.19. The van der Waals surface area contributed by atoms with Crippen molar-refractivity contribution in [3.8, 4) is 78.1 Å². The Morgan fingerprint density at radius 1 is 0.231 bits per heavy atom. The molecule has 0 spiro atoms. The number of imidazole rings is 2. The zero-order valence-corrected chi connectivity index (χ0v) is 43.2. The zero-order chi connectivity index (χ0) is 51.8. The SMILES string of the molecule is Cc1nc2ccccc2n1-c1ccc(-c2c3ccccc3c(-c3ccccc3)c3ccc(-c4ccc5c(-c6ccc(-c7ccccc7)cc6)c6ccccc6c(-c6ccc(-n7c(C)nc8ccccc87)cc6)c5c4)cc23)cc1. The second-order valence-corrected chi connectivity index (χ2v) is 20.5. The van der Waals surface area contributed by atoms with Gasteiger partial charge >= 0.3 is 0 Å². The summed E-state index contributed by atoms with van der Waals surface area (Å²) in [6, 6.07) is 97.8. The molecule has 0 bridgehead atoms. The lowest BCUT2D eigenvalue weighted by Crippen LogP contribution is -1.97. The monoisotopic (exact) mass is 994 g/mol. The summed E-state index contributed by atoms with van der Waals surface area (Å²) in [5.74, 6) is 1.93. The number of fused-ring (bicyclic) bond motifs is 6. The molecule has 0 aliphatic carbocycles. The minimum Gasteiger partial charge on any atom is -0.297 e. The van der Waals surface area contributed by atoms with Gasteiger partial charge in [-0.3, -0.25) is 9.13 Å². The largest absolute Gasteiger partial charge is 0.297 e. The lowest BCUT2D eigenvalue weighted by atomic mass is 9.83. The maximum atomic E-state index is 4.91. The van der Waals surface area contributed by atoms with Gasteiger partial charge in [-0.25, -0.2) is 9.97 Å². The van der Waals surface area contributed by atoms with Crippen LogP contribution in [0.25, 0.3) is 143 Å². The Morgan fingerprint density at radius 2 is 0.513 bits per heavy atom. The van der Waals surface area contributed by atoms with Crippen LogP contribution in [0.4, 0.5) is 0 Å². The van der Waals surface area contributed by atoms with Gasteiger partial charge in [-0.1, -0.05) is 206 Å². The highest BCUT2D eigenvalue weighted by Gasteiger charge is 2.22. The Balaban J connectivity index is 0.957. The van der Waals surface area contributed by atoms with E-state index in [1.54, 1.807) is 0 Å². The van der Waals surface area contributed by atoms with Gasteiger partial charge in [0.15, 0.2) is 0 Å². The molecule has 0 aliphatic heterocycles. The van der Waals surface area contributed by atoms with Gasteiger partial charge in [0.1, 0.15) is 11.6 Å². The third-order valence-electron chi connectivity index (χ3n) is 16.0. The minimum atomic E-state index is 0.963. The number of para-hydroxylation sites is 4. The fourth-order valence-corrected chi connectivity index (χ4v) is 12.5. The molecule has 4 heteroatoms. The molecule has 0 atom stereocenters. The smallest absolute Gasteiger partial charge is 0.111 e. The molecular weight excluding hydrogens is 945 g/mol. The van der Waals surface area contributed by atoms with E-state index in [0.717, 1.165) is 67.3 Å². The van der Waals surface area contributed by atoms with Crippen LogP contribution in [-0.2, 0) is 0 Å². The van der Waals surface area contributed by atoms with Crippen molar-refractivity contribution in [3.05, 3.63) is 279 Å². The molecule has 2 heterocycles. The number of aromatic nitrogens is 4. The normalized spacial score (nSPS) is 11.7. The number of aryl methyl sites for hydroxylation is 2. The van der Waals surface area contributed by atoms with Gasteiger partial charge < -0.3 is 0 Å². The second kappa shape index (κ2) is 18.3. The van der Waals surface area contributed by atoms with Crippen LogP contribution in [0.2, 0.25) is 0 Å². The summed E-state index contributed by atoms with van der Waals surface area (Å²) in [4.78, 5) is 9.82. The van der Waals surface area contributed by atoms with E-state index in [2.05, 4.69) is 290 Å². The molecule has 13 aromatic carbocycles. The van der Waals surface area contributed by atoms with Crippen LogP contribution in [-0.4, -0.2) is 19.1 Å². The summed E-state index contributed by atoms with van der Waals surface area (Å²) >= 11 is 0. The first-order valence-electron chi connectivity index (χ1n) is 26.8. The lowest BCUT2D eigenvalue weighted by Gasteiger charge is -2.20. The molecule has 15 aromatic rings. The van der Waals surface area contributed by atoms with Gasteiger partial charge in [-0.2, -0.15) is 0 Å². The van der Waals surface area contributed by atoms with E-state index in [9.17, 15) is 0 Å². The van der Waals surface area contributed by atoms with Gasteiger partial charge in [0.25, 0.3) is 0 Å². The summed E-state index contributed by atoms with van der Waals surface area (Å²) < 4.78 is 4.51. The molecule has 0 unspecified atom stereocenters. The number of nitrogens with zero attached hydrogens (tertiary/aromatic N) is 4. The average molecular weight is 995 g/mol. The predicted octanol–water partition coefficient (Wildman–Crippen LogP) is 19.6. The van der Waals surface area contributed by atoms with E-state index in [4.69, 9.17) is 9.97 Å². The van der Waals surface area contributed by atoms with Crippen molar-refractivity contribution in [2.45, 2.75) is 13.8 Å². The molecule has 2 aromatic heterocycles. The zero-order valence-electron chi connectivity index (χ0n) is 43.2. The Labute approximate surface area is 452 Å². The molecule has 0 amide bonds. The van der Waals surface area contributed by atoms with Gasteiger partial charge in [0.05, 0.1) is 22.1 Å². The number of hydrogen-bond donors (Lipinski definition) is 0. The first-order valence-corrected chi connectivity index (χ1v) is 26.8. The van der Waals surface area contributed by atoms with Crippen LogP contribution >= 0.6 is 0 Å². The number of benzene rings is 13. The van der Waals surface area contributed by atoms with Crippen molar-refractivity contribution < 1.29 is 0 Å². The highest BCUT2D eigenvalue weighted by atomic mass is 15.1. The predicted molar refractivity (Wildman–Crippen MR) is 328 cm³/mol. The molecule has 0 N–H and O–H groups in total. The van der Waals surface area contributed by atoms with Gasteiger partial charge in [-0.05, 0) is 184 Å². The maximum absolute atomic E-state index is 4.91. The van der Waals surface area contributed by atoms with Crippen molar-refractivity contribution in [2.75, 3.05) is 0 Å². The van der Waals surface area contributed by atoms with Crippen LogP contribution in [0.1, 0.15) is 11.6 Å². The van der Waals surface area contributed by atoms with E-state index in [1.807, 2.05) is 0 Å². The van der Waals surface area contributed by atoms with Crippen molar-refractivity contribution in [1.29, 1.82) is 0 Å². The highest BCUT2D eigenvalue weighted by molar-refractivity contribution is 6.24. The fourth-order valence-electron chi connectivity index (χ4n) is 12.5. The molecule has 15 rings (SSSR count). The number of rotatable bonds is 8. The summed E-state index contributed by atoms with van der Waals surface area (Å²) in [5, 5.41) is 9.71. The second-order valence-electron chi connectivity index (χ2n) is 20.5. The van der Waals surface area contributed by atoms with Crippen LogP contribution < -0.4 is 0 Å². The lowest BCUT2D eigenvalue weighted by molar-refractivity contribution is 1.00. The van der Waals surface area contributed by atoms with Crippen molar-refractivity contribution >= 4 is 65.2 Å². The summed E-state index contributed by atoms with van der Waals surface area (Å²) in [6.45, 7) is 4.17.